The van der Waals surface area contributed by atoms with E-state index < -0.39 is 58.1 Å². The molecule has 1 unspecified atom stereocenters. The molecule has 0 aromatic heterocycles. The Morgan fingerprint density at radius 3 is 1.83 bits per heavy atom. The van der Waals surface area contributed by atoms with Crippen molar-refractivity contribution in [1.82, 2.24) is 25.8 Å². The second kappa shape index (κ2) is 14.1. The molecule has 5 amide bonds. The number of nitrogens with zero attached hydrogens (tertiary/aromatic N) is 2. The van der Waals surface area contributed by atoms with Crippen molar-refractivity contribution < 1.29 is 24.0 Å². The fraction of sp³-hybridized carbons (Fsp3) is 0.605. The van der Waals surface area contributed by atoms with Gasteiger partial charge in [-0.1, -0.05) is 115 Å². The average molecular weight is 741 g/mol. The molecule has 6 rings (SSSR count). The largest absolute Gasteiger partial charge is 0.363 e. The van der Waals surface area contributed by atoms with E-state index in [-0.39, 0.29) is 28.7 Å². The fourth-order valence-corrected chi connectivity index (χ4v) is 9.90. The van der Waals surface area contributed by atoms with Crippen molar-refractivity contribution in [3.8, 4) is 0 Å². The number of carbonyl (C=O) groups is 5. The second-order valence-electron chi connectivity index (χ2n) is 19.1. The Morgan fingerprint density at radius 1 is 0.815 bits per heavy atom. The highest BCUT2D eigenvalue weighted by Crippen LogP contribution is 2.85. The molecule has 2 saturated heterocycles. The highest BCUT2D eigenvalue weighted by Gasteiger charge is 2.87. The molecule has 2 heterocycles. The first-order valence-electron chi connectivity index (χ1n) is 19.6. The van der Waals surface area contributed by atoms with Crippen LogP contribution in [0, 0.1) is 27.6 Å². The molecule has 5 N–H and O–H groups in total. The van der Waals surface area contributed by atoms with Crippen molar-refractivity contribution in [3.05, 3.63) is 71.8 Å². The first-order valence-corrected chi connectivity index (χ1v) is 19.6. The zero-order valence-corrected chi connectivity index (χ0v) is 33.3. The van der Waals surface area contributed by atoms with Crippen LogP contribution in [0.3, 0.4) is 0 Å². The summed E-state index contributed by atoms with van der Waals surface area (Å²) >= 11 is 0. The molecule has 4 aliphatic rings. The monoisotopic (exact) mass is 740 g/mol. The summed E-state index contributed by atoms with van der Waals surface area (Å²) in [5.74, 6) is -2.50. The smallest absolute Gasteiger partial charge is 0.315 e. The minimum absolute atomic E-state index is 0.0487. The Bertz CT molecular complexity index is 1720. The first-order chi connectivity index (χ1) is 25.2. The molecule has 292 valence electrons. The van der Waals surface area contributed by atoms with Gasteiger partial charge in [0.25, 0.3) is 5.91 Å². The molecule has 4 fully saturated rings. The van der Waals surface area contributed by atoms with Gasteiger partial charge in [-0.3, -0.25) is 24.1 Å². The number of fused-ring (bicyclic) bond motifs is 1. The van der Waals surface area contributed by atoms with Crippen LogP contribution in [0.25, 0.3) is 0 Å². The van der Waals surface area contributed by atoms with Gasteiger partial charge in [0, 0.05) is 36.0 Å². The summed E-state index contributed by atoms with van der Waals surface area (Å²) in [4.78, 5) is 72.0. The van der Waals surface area contributed by atoms with Gasteiger partial charge in [0.1, 0.15) is 12.1 Å². The third-order valence-corrected chi connectivity index (χ3v) is 13.3. The van der Waals surface area contributed by atoms with E-state index in [0.717, 1.165) is 32.4 Å². The Kier molecular flexibility index (Phi) is 10.3. The van der Waals surface area contributed by atoms with Crippen LogP contribution in [0.5, 0.6) is 0 Å². The number of primary amides is 1. The van der Waals surface area contributed by atoms with Gasteiger partial charge in [0.15, 0.2) is 0 Å². The summed E-state index contributed by atoms with van der Waals surface area (Å²) < 4.78 is 0. The van der Waals surface area contributed by atoms with Crippen molar-refractivity contribution in [1.29, 1.82) is 0 Å². The molecule has 2 aromatic rings. The lowest BCUT2D eigenvalue weighted by Gasteiger charge is -2.48. The summed E-state index contributed by atoms with van der Waals surface area (Å²) in [6.45, 7) is 17.7. The summed E-state index contributed by atoms with van der Waals surface area (Å²) in [5.41, 5.74) is 5.84. The lowest BCUT2D eigenvalue weighted by atomic mass is 9.80. The van der Waals surface area contributed by atoms with Crippen molar-refractivity contribution in [2.75, 3.05) is 19.6 Å². The van der Waals surface area contributed by atoms with Gasteiger partial charge in [-0.05, 0) is 61.5 Å². The third-order valence-electron chi connectivity index (χ3n) is 13.3. The summed E-state index contributed by atoms with van der Waals surface area (Å²) in [7, 11) is 0. The molecule has 11 nitrogen and oxygen atoms in total. The van der Waals surface area contributed by atoms with E-state index in [4.69, 9.17) is 5.73 Å². The van der Waals surface area contributed by atoms with Crippen LogP contribution in [-0.2, 0) is 19.2 Å². The standard InChI is InChI=1S/C43H60N6O5/c1-39(2,3)34(46-38(54)47-40(4,5)6)37(53)49-26-42(23-31(49)36(52)45-30(33(50)35(44)51)22-27-16-15-17-27)41(7,8)43(42)24-48(25-43)32(28-18-11-9-12-19-28)29-20-13-10-14-21-29/h9-14,18-21,27,30-32,34H,15-17,22-26H2,1-8H3,(H2,44,51)(H,45,52)(H2,46,47,54)/t30?,31-,34+,42-/m0/s1. The molecule has 0 bridgehead atoms. The number of benzene rings is 2. The molecule has 4 atom stereocenters. The average Bonchev–Trinajstić information content (AvgIpc) is 3.29. The van der Waals surface area contributed by atoms with Gasteiger partial charge < -0.3 is 26.6 Å². The minimum atomic E-state index is -1.08. The Hall–Kier alpha value is -4.25. The van der Waals surface area contributed by atoms with E-state index in [1.165, 1.54) is 11.1 Å². The topological polar surface area (TPSA) is 154 Å². The number of Topliss-reactive ketones (excluding diaryl/α,β-unsaturated/α-hetero) is 1. The number of amides is 5. The summed E-state index contributed by atoms with van der Waals surface area (Å²) in [6, 6.07) is 17.6. The molecule has 0 radical (unpaired) electrons. The number of rotatable bonds is 11. The van der Waals surface area contributed by atoms with Gasteiger partial charge in [0.05, 0.1) is 12.1 Å². The number of ketones is 1. The van der Waals surface area contributed by atoms with Crippen LogP contribution >= 0.6 is 0 Å². The molecular formula is C43H60N6O5. The van der Waals surface area contributed by atoms with Crippen LogP contribution in [0.1, 0.15) is 105 Å². The number of hydrogen-bond acceptors (Lipinski definition) is 6. The number of hydrogen-bond donors (Lipinski definition) is 4. The molecule has 54 heavy (non-hydrogen) atoms. The maximum atomic E-state index is 14.9. The van der Waals surface area contributed by atoms with E-state index in [0.29, 0.717) is 19.4 Å². The van der Waals surface area contributed by atoms with Gasteiger partial charge >= 0.3 is 6.03 Å². The Morgan fingerprint density at radius 2 is 1.37 bits per heavy atom. The first kappa shape index (κ1) is 39.4. The van der Waals surface area contributed by atoms with E-state index in [9.17, 15) is 24.0 Å². The molecule has 2 aliphatic heterocycles. The van der Waals surface area contributed by atoms with Crippen LogP contribution in [0.15, 0.2) is 60.7 Å². The van der Waals surface area contributed by atoms with Gasteiger partial charge in [-0.2, -0.15) is 0 Å². The van der Waals surface area contributed by atoms with Gasteiger partial charge in [-0.25, -0.2) is 4.79 Å². The second-order valence-corrected chi connectivity index (χ2v) is 19.1. The van der Waals surface area contributed by atoms with Crippen molar-refractivity contribution in [3.63, 3.8) is 0 Å². The highest BCUT2D eigenvalue weighted by atomic mass is 16.2. The minimum Gasteiger partial charge on any atom is -0.363 e. The molecule has 11 heteroatoms. The van der Waals surface area contributed by atoms with Gasteiger partial charge in [0.2, 0.25) is 17.6 Å². The Balaban J connectivity index is 1.32. The van der Waals surface area contributed by atoms with Crippen LogP contribution in [-0.4, -0.2) is 82.6 Å². The fourth-order valence-electron chi connectivity index (χ4n) is 9.90. The van der Waals surface area contributed by atoms with E-state index in [1.54, 1.807) is 4.90 Å². The molecule has 2 saturated carbocycles. The maximum absolute atomic E-state index is 14.9. The molecular weight excluding hydrogens is 681 g/mol. The van der Waals surface area contributed by atoms with E-state index in [1.807, 2.05) is 53.7 Å². The number of likely N-dealkylation sites (tertiary alicyclic amines) is 2. The normalized spacial score (nSPS) is 24.3. The molecule has 2 aliphatic carbocycles. The predicted molar refractivity (Wildman–Crippen MR) is 208 cm³/mol. The zero-order valence-electron chi connectivity index (χ0n) is 33.3. The van der Waals surface area contributed by atoms with Crippen LogP contribution in [0.2, 0.25) is 0 Å². The molecule has 2 aromatic carbocycles. The number of nitrogens with one attached hydrogen (secondary N) is 3. The number of urea groups is 1. The maximum Gasteiger partial charge on any atom is 0.315 e. The van der Waals surface area contributed by atoms with Crippen molar-refractivity contribution >= 4 is 29.5 Å². The van der Waals surface area contributed by atoms with Crippen LogP contribution < -0.4 is 21.7 Å². The lowest BCUT2D eigenvalue weighted by molar-refractivity contribution is -0.143. The SMILES string of the molecule is CC(C)(C)NC(=O)N[C@H](C(=O)N1C[C@@]2(C[C@H]1C(=O)NC(CC1CCC1)C(=O)C(N)=O)C(C)(C)C21CN(C(c2ccccc2)c2ccccc2)C1)C(C)(C)C. The highest BCUT2D eigenvalue weighted by molar-refractivity contribution is 6.37. The number of carbonyl (C=O) groups excluding carboxylic acids is 5. The van der Waals surface area contributed by atoms with Crippen molar-refractivity contribution in [2.45, 2.75) is 117 Å². The summed E-state index contributed by atoms with van der Waals surface area (Å²) in [5, 5.41) is 8.76. The quantitative estimate of drug-likeness (QED) is 0.239. The number of nitrogens with two attached hydrogens (primary N) is 1. The van der Waals surface area contributed by atoms with Gasteiger partial charge in [-0.15, -0.1) is 0 Å². The molecule has 2 spiro atoms. The Labute approximate surface area is 320 Å². The third kappa shape index (κ3) is 7.04. The van der Waals surface area contributed by atoms with E-state index in [2.05, 4.69) is 83.2 Å². The van der Waals surface area contributed by atoms with E-state index >= 15 is 0 Å². The summed E-state index contributed by atoms with van der Waals surface area (Å²) in [6.07, 6.45) is 3.62. The lowest BCUT2D eigenvalue weighted by Crippen LogP contribution is -2.61. The van der Waals surface area contributed by atoms with Crippen LogP contribution in [0.4, 0.5) is 4.79 Å². The zero-order chi connectivity index (χ0) is 39.4. The predicted octanol–water partition coefficient (Wildman–Crippen LogP) is 4.95. The van der Waals surface area contributed by atoms with Crippen molar-refractivity contribution in [2.24, 2.45) is 33.3 Å².